The number of hydrogen-bond donors (Lipinski definition) is 1. The zero-order valence-electron chi connectivity index (χ0n) is 14.9. The van der Waals surface area contributed by atoms with Gasteiger partial charge >= 0.3 is 0 Å². The van der Waals surface area contributed by atoms with E-state index in [2.05, 4.69) is 29.2 Å². The first-order valence-corrected chi connectivity index (χ1v) is 9.69. The van der Waals surface area contributed by atoms with Crippen molar-refractivity contribution in [1.82, 2.24) is 9.55 Å². The molecule has 136 valence electrons. The Hall–Kier alpha value is -2.27. The van der Waals surface area contributed by atoms with Crippen LogP contribution in [0.1, 0.15) is 29.8 Å². The molecule has 3 rings (SSSR count). The van der Waals surface area contributed by atoms with Crippen molar-refractivity contribution >= 4 is 30.6 Å². The maximum atomic E-state index is 11.3. The van der Waals surface area contributed by atoms with Crippen molar-refractivity contribution in [2.75, 3.05) is 13.2 Å². The molecule has 0 aliphatic carbocycles. The average molecular weight is 371 g/mol. The minimum absolute atomic E-state index is 0.447. The first-order chi connectivity index (χ1) is 12.6. The van der Waals surface area contributed by atoms with E-state index in [1.807, 2.05) is 24.5 Å². The van der Waals surface area contributed by atoms with Gasteiger partial charge in [-0.05, 0) is 49.7 Å². The highest BCUT2D eigenvalue weighted by Crippen LogP contribution is 2.36. The largest absolute Gasteiger partial charge is 0.366 e. The van der Waals surface area contributed by atoms with E-state index in [1.54, 1.807) is 18.5 Å². The lowest BCUT2D eigenvalue weighted by atomic mass is 10.2. The summed E-state index contributed by atoms with van der Waals surface area (Å²) in [5, 5.41) is 1.06. The third-order valence-corrected chi connectivity index (χ3v) is 5.60. The van der Waals surface area contributed by atoms with Gasteiger partial charge in [-0.25, -0.2) is 4.98 Å². The number of benzene rings is 2. The van der Waals surface area contributed by atoms with Gasteiger partial charge in [-0.2, -0.15) is 0 Å². The number of rotatable bonds is 8. The van der Waals surface area contributed by atoms with Crippen LogP contribution in [0.4, 0.5) is 0 Å². The number of aromatic nitrogens is 2. The summed E-state index contributed by atoms with van der Waals surface area (Å²) in [5.74, 6) is -0.447. The molecule has 0 fully saturated rings. The predicted octanol–water partition coefficient (Wildman–Crippen LogP) is 3.19. The van der Waals surface area contributed by atoms with Gasteiger partial charge in [-0.3, -0.25) is 4.79 Å². The van der Waals surface area contributed by atoms with Gasteiger partial charge in [0.05, 0.1) is 30.6 Å². The third kappa shape index (κ3) is 4.10. The SMILES string of the molecule is CCOP(OCC)c1ccc(Cn2cnc3cc(C(N)=O)ccc32)cc1. The van der Waals surface area contributed by atoms with Gasteiger partial charge in [0, 0.05) is 17.4 Å². The molecule has 2 N–H and O–H groups in total. The number of carbonyl (C=O) groups is 1. The number of nitrogens with zero attached hydrogens (tertiary/aromatic N) is 2. The molecular formula is C19H22N3O3P. The van der Waals surface area contributed by atoms with Gasteiger partial charge in [0.2, 0.25) is 14.3 Å². The minimum Gasteiger partial charge on any atom is -0.366 e. The van der Waals surface area contributed by atoms with E-state index < -0.39 is 14.3 Å². The van der Waals surface area contributed by atoms with Gasteiger partial charge < -0.3 is 19.3 Å². The van der Waals surface area contributed by atoms with E-state index in [0.29, 0.717) is 25.3 Å². The Balaban J connectivity index is 1.78. The molecule has 26 heavy (non-hydrogen) atoms. The molecule has 0 radical (unpaired) electrons. The Kier molecular flexibility index (Phi) is 5.99. The Morgan fingerprint density at radius 1 is 1.12 bits per heavy atom. The molecule has 2 aromatic carbocycles. The fourth-order valence-corrected chi connectivity index (χ4v) is 3.92. The number of imidazole rings is 1. The molecule has 0 saturated heterocycles. The van der Waals surface area contributed by atoms with Gasteiger partial charge in [0.15, 0.2) is 0 Å². The zero-order valence-corrected chi connectivity index (χ0v) is 15.8. The van der Waals surface area contributed by atoms with Crippen molar-refractivity contribution in [2.45, 2.75) is 20.4 Å². The second kappa shape index (κ2) is 8.41. The maximum Gasteiger partial charge on any atom is 0.248 e. The molecule has 1 aromatic heterocycles. The normalized spacial score (nSPS) is 11.3. The van der Waals surface area contributed by atoms with Crippen LogP contribution in [-0.4, -0.2) is 28.7 Å². The Morgan fingerprint density at radius 3 is 2.42 bits per heavy atom. The number of fused-ring (bicyclic) bond motifs is 1. The topological polar surface area (TPSA) is 79.4 Å². The van der Waals surface area contributed by atoms with Crippen molar-refractivity contribution in [3.8, 4) is 0 Å². The molecule has 1 amide bonds. The number of amides is 1. The van der Waals surface area contributed by atoms with Crippen molar-refractivity contribution in [3.63, 3.8) is 0 Å². The summed E-state index contributed by atoms with van der Waals surface area (Å²) in [7, 11) is -1.02. The molecule has 0 unspecified atom stereocenters. The number of carbonyl (C=O) groups excluding carboxylic acids is 1. The summed E-state index contributed by atoms with van der Waals surface area (Å²) in [4.78, 5) is 15.7. The average Bonchev–Trinajstić information content (AvgIpc) is 3.04. The summed E-state index contributed by atoms with van der Waals surface area (Å²) in [6.07, 6.45) is 1.77. The first-order valence-electron chi connectivity index (χ1n) is 8.52. The van der Waals surface area contributed by atoms with E-state index in [1.165, 1.54) is 0 Å². The smallest absolute Gasteiger partial charge is 0.248 e. The van der Waals surface area contributed by atoms with Crippen LogP contribution in [0.3, 0.4) is 0 Å². The lowest BCUT2D eigenvalue weighted by Crippen LogP contribution is -2.10. The zero-order chi connectivity index (χ0) is 18.5. The van der Waals surface area contributed by atoms with Gasteiger partial charge in [-0.15, -0.1) is 0 Å². The van der Waals surface area contributed by atoms with Gasteiger partial charge in [0.1, 0.15) is 0 Å². The fourth-order valence-electron chi connectivity index (χ4n) is 2.68. The Labute approximate surface area is 153 Å². The van der Waals surface area contributed by atoms with Crippen molar-refractivity contribution in [1.29, 1.82) is 0 Å². The van der Waals surface area contributed by atoms with Gasteiger partial charge in [-0.1, -0.05) is 12.1 Å². The Morgan fingerprint density at radius 2 is 1.81 bits per heavy atom. The van der Waals surface area contributed by atoms with Crippen LogP contribution in [0, 0.1) is 0 Å². The van der Waals surface area contributed by atoms with Crippen LogP contribution < -0.4 is 11.0 Å². The Bertz CT molecular complexity index is 887. The molecule has 0 bridgehead atoms. The molecule has 0 spiro atoms. The lowest BCUT2D eigenvalue weighted by Gasteiger charge is -2.16. The molecular weight excluding hydrogens is 349 g/mol. The predicted molar refractivity (Wildman–Crippen MR) is 104 cm³/mol. The second-order valence-electron chi connectivity index (χ2n) is 5.70. The molecule has 6 nitrogen and oxygen atoms in total. The highest BCUT2D eigenvalue weighted by Gasteiger charge is 2.13. The van der Waals surface area contributed by atoms with Crippen LogP contribution in [0.15, 0.2) is 48.8 Å². The van der Waals surface area contributed by atoms with Crippen molar-refractivity contribution in [2.24, 2.45) is 5.73 Å². The number of nitrogens with two attached hydrogens (primary N) is 1. The summed E-state index contributed by atoms with van der Waals surface area (Å²) in [6.45, 7) is 5.88. The van der Waals surface area contributed by atoms with E-state index >= 15 is 0 Å². The summed E-state index contributed by atoms with van der Waals surface area (Å²) in [5.41, 5.74) is 8.66. The van der Waals surface area contributed by atoms with Crippen LogP contribution in [0.5, 0.6) is 0 Å². The summed E-state index contributed by atoms with van der Waals surface area (Å²) in [6, 6.07) is 13.6. The molecule has 0 atom stereocenters. The second-order valence-corrected chi connectivity index (χ2v) is 7.25. The van der Waals surface area contributed by atoms with E-state index in [9.17, 15) is 4.79 Å². The third-order valence-electron chi connectivity index (χ3n) is 3.90. The summed E-state index contributed by atoms with van der Waals surface area (Å²) >= 11 is 0. The van der Waals surface area contributed by atoms with Crippen LogP contribution in [-0.2, 0) is 15.6 Å². The molecule has 0 aliphatic heterocycles. The highest BCUT2D eigenvalue weighted by atomic mass is 31.2. The quantitative estimate of drug-likeness (QED) is 0.617. The monoisotopic (exact) mass is 371 g/mol. The molecule has 0 saturated carbocycles. The van der Waals surface area contributed by atoms with Crippen LogP contribution >= 0.6 is 8.38 Å². The van der Waals surface area contributed by atoms with E-state index in [4.69, 9.17) is 14.8 Å². The molecule has 3 aromatic rings. The van der Waals surface area contributed by atoms with Crippen LogP contribution in [0.2, 0.25) is 0 Å². The molecule has 7 heteroatoms. The van der Waals surface area contributed by atoms with Crippen molar-refractivity contribution < 1.29 is 13.8 Å². The highest BCUT2D eigenvalue weighted by molar-refractivity contribution is 7.56. The minimum atomic E-state index is -1.02. The van der Waals surface area contributed by atoms with Crippen molar-refractivity contribution in [3.05, 3.63) is 59.9 Å². The van der Waals surface area contributed by atoms with E-state index in [0.717, 1.165) is 21.9 Å². The fraction of sp³-hybridized carbons (Fsp3) is 0.263. The van der Waals surface area contributed by atoms with Gasteiger partial charge in [0.25, 0.3) is 0 Å². The summed E-state index contributed by atoms with van der Waals surface area (Å²) < 4.78 is 13.4. The van der Waals surface area contributed by atoms with E-state index in [-0.39, 0.29) is 0 Å². The maximum absolute atomic E-state index is 11.3. The first kappa shape index (κ1) is 18.5. The molecule has 0 aliphatic rings. The standard InChI is InChI=1S/C19H22N3O3P/c1-3-24-26(25-4-2)16-8-5-14(6-9-16)12-22-13-21-17-11-15(19(20)23)7-10-18(17)22/h5-11,13H,3-4,12H2,1-2H3,(H2,20,23). The number of hydrogen-bond acceptors (Lipinski definition) is 4. The molecule has 1 heterocycles. The number of primary amides is 1. The lowest BCUT2D eigenvalue weighted by molar-refractivity contribution is 0.100. The van der Waals surface area contributed by atoms with Crippen LogP contribution in [0.25, 0.3) is 11.0 Å².